The van der Waals surface area contributed by atoms with Crippen molar-refractivity contribution in [2.24, 2.45) is 0 Å². The minimum Gasteiger partial charge on any atom is -0.497 e. The van der Waals surface area contributed by atoms with E-state index in [2.05, 4.69) is 4.98 Å². The number of esters is 1. The molecule has 0 aliphatic carbocycles. The van der Waals surface area contributed by atoms with Crippen LogP contribution in [-0.4, -0.2) is 32.0 Å². The molecule has 4 rings (SSSR count). The molecule has 0 amide bonds. The van der Waals surface area contributed by atoms with E-state index in [0.29, 0.717) is 22.9 Å². The van der Waals surface area contributed by atoms with Crippen LogP contribution in [-0.2, 0) is 4.74 Å². The van der Waals surface area contributed by atoms with Gasteiger partial charge in [-0.05, 0) is 35.9 Å². The third kappa shape index (κ3) is 2.15. The Balaban J connectivity index is 1.98. The van der Waals surface area contributed by atoms with Gasteiger partial charge in [0.15, 0.2) is 11.5 Å². The van der Waals surface area contributed by atoms with E-state index in [0.717, 1.165) is 22.0 Å². The summed E-state index contributed by atoms with van der Waals surface area (Å²) in [5.41, 5.74) is 2.79. The Morgan fingerprint density at radius 3 is 2.71 bits per heavy atom. The first-order valence-electron chi connectivity index (χ1n) is 7.39. The molecule has 2 aromatic carbocycles. The van der Waals surface area contributed by atoms with Crippen LogP contribution >= 0.6 is 0 Å². The molecule has 6 heteroatoms. The highest BCUT2D eigenvalue weighted by Crippen LogP contribution is 2.40. The number of hydrogen-bond acceptors (Lipinski definition) is 5. The third-order valence-corrected chi connectivity index (χ3v) is 4.06. The van der Waals surface area contributed by atoms with Gasteiger partial charge in [0.05, 0.1) is 14.2 Å². The molecule has 122 valence electrons. The Kier molecular flexibility index (Phi) is 3.30. The number of methoxy groups -OCH3 is 2. The average Bonchev–Trinajstić information content (AvgIpc) is 3.23. The van der Waals surface area contributed by atoms with Gasteiger partial charge < -0.3 is 23.9 Å². The fourth-order valence-corrected chi connectivity index (χ4v) is 2.91. The topological polar surface area (TPSA) is 69.8 Å². The average molecular weight is 325 g/mol. The van der Waals surface area contributed by atoms with Crippen LogP contribution in [0, 0.1) is 0 Å². The Bertz CT molecular complexity index is 944. The second kappa shape index (κ2) is 5.49. The van der Waals surface area contributed by atoms with Crippen molar-refractivity contribution in [3.05, 3.63) is 42.1 Å². The van der Waals surface area contributed by atoms with Crippen LogP contribution in [0.4, 0.5) is 0 Å². The van der Waals surface area contributed by atoms with Crippen molar-refractivity contribution in [3.63, 3.8) is 0 Å². The van der Waals surface area contributed by atoms with Crippen LogP contribution in [0.2, 0.25) is 0 Å². The summed E-state index contributed by atoms with van der Waals surface area (Å²) < 4.78 is 21.0. The third-order valence-electron chi connectivity index (χ3n) is 4.06. The van der Waals surface area contributed by atoms with Crippen LogP contribution in [0.3, 0.4) is 0 Å². The maximum absolute atomic E-state index is 12.2. The van der Waals surface area contributed by atoms with E-state index in [1.807, 2.05) is 36.4 Å². The van der Waals surface area contributed by atoms with E-state index in [-0.39, 0.29) is 6.79 Å². The quantitative estimate of drug-likeness (QED) is 0.748. The summed E-state index contributed by atoms with van der Waals surface area (Å²) in [5, 5.41) is 0.869. The van der Waals surface area contributed by atoms with Crippen molar-refractivity contribution in [1.29, 1.82) is 0 Å². The summed E-state index contributed by atoms with van der Waals surface area (Å²) >= 11 is 0. The van der Waals surface area contributed by atoms with E-state index in [9.17, 15) is 4.79 Å². The molecule has 0 spiro atoms. The Morgan fingerprint density at radius 1 is 1.08 bits per heavy atom. The highest BCUT2D eigenvalue weighted by Gasteiger charge is 2.22. The number of fused-ring (bicyclic) bond motifs is 2. The predicted molar refractivity (Wildman–Crippen MR) is 87.7 cm³/mol. The first kappa shape index (κ1) is 14.4. The highest BCUT2D eigenvalue weighted by atomic mass is 16.7. The minimum absolute atomic E-state index is 0.199. The number of H-pyrrole nitrogens is 1. The molecule has 0 bridgehead atoms. The number of nitrogens with one attached hydrogen (secondary N) is 1. The summed E-state index contributed by atoms with van der Waals surface area (Å²) in [6, 6.07) is 11.2. The van der Waals surface area contributed by atoms with Gasteiger partial charge >= 0.3 is 5.97 Å². The zero-order chi connectivity index (χ0) is 16.7. The molecule has 6 nitrogen and oxygen atoms in total. The first-order valence-corrected chi connectivity index (χ1v) is 7.39. The number of carbonyl (C=O) groups excluding carboxylic acids is 1. The van der Waals surface area contributed by atoms with Crippen molar-refractivity contribution in [2.75, 3.05) is 21.0 Å². The number of benzene rings is 2. The van der Waals surface area contributed by atoms with Gasteiger partial charge in [-0.2, -0.15) is 0 Å². The van der Waals surface area contributed by atoms with Gasteiger partial charge in [-0.25, -0.2) is 4.79 Å². The Hall–Kier alpha value is -3.15. The van der Waals surface area contributed by atoms with E-state index in [1.54, 1.807) is 7.11 Å². The lowest BCUT2D eigenvalue weighted by Crippen LogP contribution is -2.03. The highest BCUT2D eigenvalue weighted by molar-refractivity contribution is 6.08. The number of hydrogen-bond donors (Lipinski definition) is 1. The molecule has 0 saturated carbocycles. The van der Waals surface area contributed by atoms with Crippen molar-refractivity contribution in [2.45, 2.75) is 0 Å². The van der Waals surface area contributed by atoms with Crippen LogP contribution in [0.5, 0.6) is 17.2 Å². The van der Waals surface area contributed by atoms with Crippen molar-refractivity contribution in [3.8, 4) is 28.4 Å². The molecule has 0 fully saturated rings. The maximum atomic E-state index is 12.2. The second-order valence-corrected chi connectivity index (χ2v) is 5.35. The molecular formula is C18H15NO5. The molecule has 0 atom stereocenters. The summed E-state index contributed by atoms with van der Waals surface area (Å²) in [7, 11) is 2.97. The van der Waals surface area contributed by atoms with Gasteiger partial charge in [0.2, 0.25) is 6.79 Å². The minimum atomic E-state index is -0.433. The van der Waals surface area contributed by atoms with Gasteiger partial charge in [0, 0.05) is 16.5 Å². The van der Waals surface area contributed by atoms with Gasteiger partial charge in [-0.1, -0.05) is 6.07 Å². The molecule has 0 radical (unpaired) electrons. The fraction of sp³-hybridized carbons (Fsp3) is 0.167. The molecule has 1 aliphatic heterocycles. The lowest BCUT2D eigenvalue weighted by molar-refractivity contribution is 0.0596. The van der Waals surface area contributed by atoms with Crippen LogP contribution in [0.1, 0.15) is 10.5 Å². The Labute approximate surface area is 137 Å². The van der Waals surface area contributed by atoms with E-state index in [4.69, 9.17) is 18.9 Å². The number of ether oxygens (including phenoxy) is 4. The molecule has 1 aliphatic rings. The molecule has 0 unspecified atom stereocenters. The van der Waals surface area contributed by atoms with Gasteiger partial charge in [0.1, 0.15) is 11.4 Å². The van der Waals surface area contributed by atoms with Gasteiger partial charge in [-0.15, -0.1) is 0 Å². The normalized spacial score (nSPS) is 12.4. The molecule has 1 aromatic heterocycles. The summed E-state index contributed by atoms with van der Waals surface area (Å²) in [4.78, 5) is 15.4. The van der Waals surface area contributed by atoms with Crippen LogP contribution in [0.25, 0.3) is 22.0 Å². The first-order chi connectivity index (χ1) is 11.7. The molecule has 24 heavy (non-hydrogen) atoms. The maximum Gasteiger partial charge on any atom is 0.355 e. The monoisotopic (exact) mass is 325 g/mol. The number of carbonyl (C=O) groups is 1. The molecule has 3 aromatic rings. The standard InChI is InChI=1S/C18H15NO5/c1-21-11-4-5-13-12(8-11)16(17(19-13)18(20)22-2)10-3-6-14-15(7-10)24-9-23-14/h3-8,19H,9H2,1-2H3. The van der Waals surface area contributed by atoms with E-state index in [1.165, 1.54) is 7.11 Å². The van der Waals surface area contributed by atoms with Gasteiger partial charge in [0.25, 0.3) is 0 Å². The van der Waals surface area contributed by atoms with Crippen molar-refractivity contribution >= 4 is 16.9 Å². The molecule has 0 saturated heterocycles. The molecular weight excluding hydrogens is 310 g/mol. The summed E-state index contributed by atoms with van der Waals surface area (Å²) in [5.74, 6) is 1.62. The number of aromatic nitrogens is 1. The SMILES string of the molecule is COC(=O)c1[nH]c2ccc(OC)cc2c1-c1ccc2c(c1)OCO2. The van der Waals surface area contributed by atoms with Crippen LogP contribution in [0.15, 0.2) is 36.4 Å². The molecule has 2 heterocycles. The largest absolute Gasteiger partial charge is 0.497 e. The lowest BCUT2D eigenvalue weighted by atomic mass is 10.0. The summed E-state index contributed by atoms with van der Waals surface area (Å²) in [6.45, 7) is 0.199. The number of aromatic amines is 1. The van der Waals surface area contributed by atoms with E-state index < -0.39 is 5.97 Å². The zero-order valence-corrected chi connectivity index (χ0v) is 13.2. The second-order valence-electron chi connectivity index (χ2n) is 5.35. The molecule has 1 N–H and O–H groups in total. The van der Waals surface area contributed by atoms with E-state index >= 15 is 0 Å². The smallest absolute Gasteiger partial charge is 0.355 e. The fourth-order valence-electron chi connectivity index (χ4n) is 2.91. The predicted octanol–water partition coefficient (Wildman–Crippen LogP) is 3.36. The lowest BCUT2D eigenvalue weighted by Gasteiger charge is -2.06. The van der Waals surface area contributed by atoms with Crippen molar-refractivity contribution < 1.29 is 23.7 Å². The van der Waals surface area contributed by atoms with Crippen LogP contribution < -0.4 is 14.2 Å². The zero-order valence-electron chi connectivity index (χ0n) is 13.2. The number of rotatable bonds is 3. The van der Waals surface area contributed by atoms with Crippen molar-refractivity contribution in [1.82, 2.24) is 4.98 Å². The summed E-state index contributed by atoms with van der Waals surface area (Å²) in [6.07, 6.45) is 0. The van der Waals surface area contributed by atoms with Gasteiger partial charge in [-0.3, -0.25) is 0 Å². The Morgan fingerprint density at radius 2 is 1.92 bits per heavy atom.